The first kappa shape index (κ1) is 23.4. The Morgan fingerprint density at radius 1 is 1.03 bits per heavy atom. The molecule has 0 aliphatic carbocycles. The first-order chi connectivity index (χ1) is 17.3. The lowest BCUT2D eigenvalue weighted by molar-refractivity contribution is -0.146. The van der Waals surface area contributed by atoms with Gasteiger partial charge in [0.15, 0.2) is 18.1 Å². The highest BCUT2D eigenvalue weighted by molar-refractivity contribution is 5.99. The zero-order valence-corrected chi connectivity index (χ0v) is 20.3. The van der Waals surface area contributed by atoms with Crippen molar-refractivity contribution in [2.24, 2.45) is 0 Å². The van der Waals surface area contributed by atoms with Crippen LogP contribution in [0.1, 0.15) is 40.3 Å². The minimum absolute atomic E-state index is 0.214. The molecule has 3 heterocycles. The zero-order chi connectivity index (χ0) is 25.4. The summed E-state index contributed by atoms with van der Waals surface area (Å²) in [5, 5.41) is 1.32. The van der Waals surface area contributed by atoms with Crippen molar-refractivity contribution in [1.29, 1.82) is 0 Å². The van der Waals surface area contributed by atoms with E-state index in [9.17, 15) is 14.4 Å². The molecule has 2 aromatic heterocycles. The second kappa shape index (κ2) is 9.37. The smallest absolute Gasteiger partial charge is 0.329 e. The van der Waals surface area contributed by atoms with Crippen LogP contribution < -0.4 is 15.0 Å². The molecule has 184 valence electrons. The molecule has 0 saturated carbocycles. The third-order valence-electron chi connectivity index (χ3n) is 6.60. The van der Waals surface area contributed by atoms with Crippen molar-refractivity contribution in [2.75, 3.05) is 13.4 Å². The number of hydrogen-bond donors (Lipinski definition) is 0. The predicted octanol–water partition coefficient (Wildman–Crippen LogP) is 4.18. The number of carbonyl (C=O) groups is 2. The maximum Gasteiger partial charge on any atom is 0.329 e. The van der Waals surface area contributed by atoms with Gasteiger partial charge in [0.2, 0.25) is 12.6 Å². The Bertz CT molecular complexity index is 1550. The summed E-state index contributed by atoms with van der Waals surface area (Å²) in [6.07, 6.45) is 1.57. The number of benzene rings is 2. The Hall–Kier alpha value is -4.33. The van der Waals surface area contributed by atoms with Gasteiger partial charge in [-0.25, -0.2) is 4.79 Å². The Morgan fingerprint density at radius 3 is 2.64 bits per heavy atom. The summed E-state index contributed by atoms with van der Waals surface area (Å²) >= 11 is 0. The Kier molecular flexibility index (Phi) is 6.10. The van der Waals surface area contributed by atoms with Crippen LogP contribution in [0.2, 0.25) is 0 Å². The molecule has 1 aliphatic heterocycles. The highest BCUT2D eigenvalue weighted by atomic mass is 16.7. The van der Waals surface area contributed by atoms with Crippen molar-refractivity contribution in [3.8, 4) is 11.5 Å². The number of esters is 1. The summed E-state index contributed by atoms with van der Waals surface area (Å²) in [5.74, 6) is 0.483. The fraction of sp³-hybridized carbons (Fsp3) is 0.250. The molecule has 0 saturated heterocycles. The third-order valence-corrected chi connectivity index (χ3v) is 6.60. The van der Waals surface area contributed by atoms with Crippen LogP contribution >= 0.6 is 0 Å². The van der Waals surface area contributed by atoms with Gasteiger partial charge in [-0.2, -0.15) is 0 Å². The van der Waals surface area contributed by atoms with Gasteiger partial charge >= 0.3 is 5.97 Å². The molecule has 8 nitrogen and oxygen atoms in total. The number of fused-ring (bicyclic) bond motifs is 2. The Labute approximate surface area is 207 Å². The molecule has 5 rings (SSSR count). The number of pyridine rings is 1. The average Bonchev–Trinajstić information content (AvgIpc) is 3.46. The second-order valence-electron chi connectivity index (χ2n) is 8.88. The molecule has 0 spiro atoms. The summed E-state index contributed by atoms with van der Waals surface area (Å²) in [6, 6.07) is 15.7. The molecule has 1 unspecified atom stereocenters. The van der Waals surface area contributed by atoms with E-state index in [0.717, 1.165) is 28.1 Å². The normalized spacial score (nSPS) is 13.1. The fourth-order valence-corrected chi connectivity index (χ4v) is 4.51. The highest BCUT2D eigenvalue weighted by Crippen LogP contribution is 2.33. The van der Waals surface area contributed by atoms with E-state index >= 15 is 0 Å². The molecule has 4 aromatic rings. The molecule has 8 heteroatoms. The van der Waals surface area contributed by atoms with Crippen molar-refractivity contribution in [3.05, 3.63) is 93.7 Å². The topological polar surface area (TPSA) is 88.8 Å². The van der Waals surface area contributed by atoms with Crippen LogP contribution in [0.25, 0.3) is 10.8 Å². The quantitative estimate of drug-likeness (QED) is 0.288. The fourth-order valence-electron chi connectivity index (χ4n) is 4.51. The number of Topliss-reactive ketones (excluding diaryl/α,β-unsaturated/α-hetero) is 1. The lowest BCUT2D eigenvalue weighted by atomic mass is 10.1. The van der Waals surface area contributed by atoms with E-state index in [1.165, 1.54) is 4.57 Å². The molecule has 0 radical (unpaired) electrons. The van der Waals surface area contributed by atoms with Gasteiger partial charge in [0, 0.05) is 35.1 Å². The van der Waals surface area contributed by atoms with Gasteiger partial charge in [-0.3, -0.25) is 9.59 Å². The van der Waals surface area contributed by atoms with Crippen molar-refractivity contribution in [1.82, 2.24) is 9.13 Å². The van der Waals surface area contributed by atoms with Gasteiger partial charge in [-0.1, -0.05) is 24.3 Å². The molecule has 0 fully saturated rings. The lowest BCUT2D eigenvalue weighted by Crippen LogP contribution is -2.30. The highest BCUT2D eigenvalue weighted by Gasteiger charge is 2.22. The number of hydrogen-bond acceptors (Lipinski definition) is 6. The minimum Gasteiger partial charge on any atom is -0.456 e. The molecule has 0 bridgehead atoms. The third kappa shape index (κ3) is 4.26. The molecule has 2 aromatic carbocycles. The van der Waals surface area contributed by atoms with E-state index in [4.69, 9.17) is 14.2 Å². The van der Waals surface area contributed by atoms with E-state index in [1.807, 2.05) is 48.7 Å². The van der Waals surface area contributed by atoms with Gasteiger partial charge in [0.1, 0.15) is 6.04 Å². The van der Waals surface area contributed by atoms with Crippen LogP contribution in [-0.2, 0) is 16.1 Å². The number of nitrogens with zero attached hydrogens (tertiary/aromatic N) is 2. The zero-order valence-electron chi connectivity index (χ0n) is 20.3. The SMILES string of the molecule is Cc1cc(C(=O)COC(=O)C(C)n2ccc3ccccc3c2=O)c(C)n1Cc1ccc2c(c1)OCO2. The standard InChI is InChI=1S/C28H26N2O6/c1-17-12-23(18(2)30(17)14-20-8-9-25-26(13-20)36-16-35-25)24(31)15-34-28(33)19(3)29-11-10-21-6-4-5-7-22(21)27(29)32/h4-13,19H,14-16H2,1-3H3. The summed E-state index contributed by atoms with van der Waals surface area (Å²) in [6.45, 7) is 5.75. The summed E-state index contributed by atoms with van der Waals surface area (Å²) in [4.78, 5) is 38.4. The van der Waals surface area contributed by atoms with E-state index in [1.54, 1.807) is 37.4 Å². The number of aryl methyl sites for hydroxylation is 1. The van der Waals surface area contributed by atoms with Crippen molar-refractivity contribution in [3.63, 3.8) is 0 Å². The van der Waals surface area contributed by atoms with Crippen LogP contribution in [0.4, 0.5) is 0 Å². The summed E-state index contributed by atoms with van der Waals surface area (Å²) < 4.78 is 19.5. The average molecular weight is 487 g/mol. The van der Waals surface area contributed by atoms with E-state index in [-0.39, 0.29) is 18.1 Å². The van der Waals surface area contributed by atoms with Crippen molar-refractivity contribution < 1.29 is 23.8 Å². The molecule has 0 N–H and O–H groups in total. The Morgan fingerprint density at radius 2 is 1.81 bits per heavy atom. The minimum atomic E-state index is -0.867. The predicted molar refractivity (Wildman–Crippen MR) is 134 cm³/mol. The maximum absolute atomic E-state index is 12.9. The second-order valence-corrected chi connectivity index (χ2v) is 8.88. The molecule has 0 amide bonds. The molecule has 1 atom stereocenters. The van der Waals surface area contributed by atoms with Gasteiger partial charge in [-0.15, -0.1) is 0 Å². The number of ketones is 1. The van der Waals surface area contributed by atoms with E-state index < -0.39 is 18.6 Å². The number of carbonyl (C=O) groups excluding carboxylic acids is 2. The largest absolute Gasteiger partial charge is 0.456 e. The van der Waals surface area contributed by atoms with Crippen LogP contribution in [0.5, 0.6) is 11.5 Å². The van der Waals surface area contributed by atoms with Crippen LogP contribution in [0.15, 0.2) is 65.6 Å². The van der Waals surface area contributed by atoms with E-state index in [0.29, 0.717) is 23.2 Å². The first-order valence-electron chi connectivity index (χ1n) is 11.7. The monoisotopic (exact) mass is 486 g/mol. The summed E-state index contributed by atoms with van der Waals surface area (Å²) in [5.41, 5.74) is 2.93. The number of rotatable bonds is 7. The van der Waals surface area contributed by atoms with Crippen molar-refractivity contribution in [2.45, 2.75) is 33.4 Å². The van der Waals surface area contributed by atoms with Gasteiger partial charge in [0.25, 0.3) is 5.56 Å². The molecular weight excluding hydrogens is 460 g/mol. The maximum atomic E-state index is 12.9. The number of aromatic nitrogens is 2. The van der Waals surface area contributed by atoms with Gasteiger partial charge in [0.05, 0.1) is 0 Å². The molecule has 1 aliphatic rings. The first-order valence-corrected chi connectivity index (χ1v) is 11.7. The van der Waals surface area contributed by atoms with Crippen molar-refractivity contribution >= 4 is 22.5 Å². The number of ether oxygens (including phenoxy) is 3. The van der Waals surface area contributed by atoms with E-state index in [2.05, 4.69) is 0 Å². The Balaban J connectivity index is 1.27. The van der Waals surface area contributed by atoms with Gasteiger partial charge in [-0.05, 0) is 62.1 Å². The summed E-state index contributed by atoms with van der Waals surface area (Å²) in [7, 11) is 0. The van der Waals surface area contributed by atoms with Crippen LogP contribution in [0, 0.1) is 13.8 Å². The van der Waals surface area contributed by atoms with Crippen LogP contribution in [-0.4, -0.2) is 34.3 Å². The van der Waals surface area contributed by atoms with Gasteiger partial charge < -0.3 is 23.3 Å². The van der Waals surface area contributed by atoms with Crippen LogP contribution in [0.3, 0.4) is 0 Å². The molecular formula is C28H26N2O6. The lowest BCUT2D eigenvalue weighted by Gasteiger charge is -2.15. The molecule has 36 heavy (non-hydrogen) atoms.